The first-order chi connectivity index (χ1) is 16.0. The van der Waals surface area contributed by atoms with E-state index in [1.165, 1.54) is 31.3 Å². The maximum atomic E-state index is 13.9. The highest BCUT2D eigenvalue weighted by Crippen LogP contribution is 2.37. The van der Waals surface area contributed by atoms with Gasteiger partial charge in [0.25, 0.3) is 5.56 Å². The molecule has 1 aromatic heterocycles. The summed E-state index contributed by atoms with van der Waals surface area (Å²) in [6.45, 7) is 1.44. The lowest BCUT2D eigenvalue weighted by Gasteiger charge is -2.33. The zero-order valence-corrected chi connectivity index (χ0v) is 18.6. The molecule has 2 heterocycles. The minimum absolute atomic E-state index is 0.0562. The number of carbonyl (C=O) groups excluding carboxylic acids is 2. The van der Waals surface area contributed by atoms with E-state index in [2.05, 4.69) is 10.3 Å². The van der Waals surface area contributed by atoms with Crippen molar-refractivity contribution in [1.82, 2.24) is 9.55 Å². The van der Waals surface area contributed by atoms with Crippen LogP contribution in [0.1, 0.15) is 26.2 Å². The number of halogens is 3. The van der Waals surface area contributed by atoms with Crippen LogP contribution in [0.25, 0.3) is 0 Å². The maximum absolute atomic E-state index is 13.9. The van der Waals surface area contributed by atoms with Gasteiger partial charge in [-0.25, -0.2) is 4.79 Å². The first kappa shape index (κ1) is 24.9. The molecule has 2 aromatic rings. The molecule has 0 saturated heterocycles. The molecular formula is C21H25F3N6O4. The molecule has 2 amide bonds. The molecule has 1 atom stereocenters. The van der Waals surface area contributed by atoms with Gasteiger partial charge in [0, 0.05) is 13.6 Å². The number of hydrogen-bond acceptors (Lipinski definition) is 6. The Kier molecular flexibility index (Phi) is 7.03. The second kappa shape index (κ2) is 9.61. The fourth-order valence-electron chi connectivity index (χ4n) is 3.84. The third-order valence-corrected chi connectivity index (χ3v) is 5.48. The van der Waals surface area contributed by atoms with E-state index < -0.39 is 48.2 Å². The number of fused-ring (bicyclic) bond motifs is 1. The monoisotopic (exact) mass is 482 g/mol. The van der Waals surface area contributed by atoms with Gasteiger partial charge in [-0.1, -0.05) is 25.5 Å². The number of H-pyrrole nitrogens is 1. The molecule has 4 N–H and O–H groups in total. The number of anilines is 4. The lowest BCUT2D eigenvalue weighted by Crippen LogP contribution is -2.52. The number of unbranched alkanes of at least 4 members (excludes halogenated alkanes) is 1. The summed E-state index contributed by atoms with van der Waals surface area (Å²) in [4.78, 5) is 53.7. The second-order valence-electron chi connectivity index (χ2n) is 7.94. The lowest BCUT2D eigenvalue weighted by atomic mass is 10.1. The normalized spacial score (nSPS) is 16.0. The van der Waals surface area contributed by atoms with Crippen molar-refractivity contribution in [3.05, 3.63) is 45.1 Å². The molecule has 0 spiro atoms. The van der Waals surface area contributed by atoms with Crippen molar-refractivity contribution in [1.29, 1.82) is 0 Å². The number of amides is 2. The summed E-state index contributed by atoms with van der Waals surface area (Å²) >= 11 is 0. The number of nitrogens with two attached hydrogens (primary N) is 1. The molecule has 34 heavy (non-hydrogen) atoms. The van der Waals surface area contributed by atoms with E-state index in [0.717, 1.165) is 15.9 Å². The van der Waals surface area contributed by atoms with Gasteiger partial charge in [-0.2, -0.15) is 13.2 Å². The third kappa shape index (κ3) is 4.92. The van der Waals surface area contributed by atoms with Gasteiger partial charge in [0.2, 0.25) is 11.8 Å². The topological polar surface area (TPSA) is 134 Å². The zero-order chi connectivity index (χ0) is 25.2. The predicted octanol–water partition coefficient (Wildman–Crippen LogP) is 1.66. The molecule has 1 aliphatic heterocycles. The molecule has 0 saturated carbocycles. The van der Waals surface area contributed by atoms with Crippen LogP contribution in [0, 0.1) is 0 Å². The number of alkyl halides is 3. The first-order valence-corrected chi connectivity index (χ1v) is 10.6. The number of carbonyl (C=O) groups is 2. The molecule has 13 heteroatoms. The molecule has 0 radical (unpaired) electrons. The van der Waals surface area contributed by atoms with Crippen molar-refractivity contribution in [2.45, 2.75) is 44.9 Å². The molecule has 0 fully saturated rings. The second-order valence-corrected chi connectivity index (χ2v) is 7.94. The number of aromatic nitrogens is 2. The standard InChI is InChI=1S/C21H25F3N6O4/c1-3-4-9-29-18(25)17(19(33)27-20(29)34)28(2)11-16(32)30-13-8-6-5-7-12(13)26-15(31)10-14(30)21(22,23)24/h5-8,14H,3-4,9-11,25H2,1-2H3,(H,26,31)(H,27,33,34). The van der Waals surface area contributed by atoms with Gasteiger partial charge >= 0.3 is 11.9 Å². The first-order valence-electron chi connectivity index (χ1n) is 10.6. The highest BCUT2D eigenvalue weighted by molar-refractivity contribution is 6.05. The number of benzene rings is 1. The zero-order valence-electron chi connectivity index (χ0n) is 18.6. The van der Waals surface area contributed by atoms with Crippen molar-refractivity contribution in [2.75, 3.05) is 34.4 Å². The predicted molar refractivity (Wildman–Crippen MR) is 121 cm³/mol. The average molecular weight is 482 g/mol. The van der Waals surface area contributed by atoms with Crippen LogP contribution >= 0.6 is 0 Å². The van der Waals surface area contributed by atoms with Gasteiger partial charge in [0.05, 0.1) is 24.3 Å². The molecule has 10 nitrogen and oxygen atoms in total. The molecule has 1 aromatic carbocycles. The lowest BCUT2D eigenvalue weighted by molar-refractivity contribution is -0.157. The van der Waals surface area contributed by atoms with Crippen LogP contribution in [0.4, 0.5) is 36.1 Å². The highest BCUT2D eigenvalue weighted by atomic mass is 19.4. The van der Waals surface area contributed by atoms with E-state index in [0.29, 0.717) is 11.3 Å². The SMILES string of the molecule is CCCCn1c(N)c(N(C)CC(=O)N2c3ccccc3NC(=O)CC2C(F)(F)F)c(=O)[nH]c1=O. The highest BCUT2D eigenvalue weighted by Gasteiger charge is 2.49. The summed E-state index contributed by atoms with van der Waals surface area (Å²) in [5.41, 5.74) is 4.17. The van der Waals surface area contributed by atoms with Gasteiger partial charge in [-0.05, 0) is 18.6 Å². The van der Waals surface area contributed by atoms with E-state index in [9.17, 15) is 32.3 Å². The van der Waals surface area contributed by atoms with Gasteiger partial charge in [-0.3, -0.25) is 28.8 Å². The Labute approximate surface area is 192 Å². The average Bonchev–Trinajstić information content (AvgIpc) is 2.89. The Morgan fingerprint density at radius 3 is 2.56 bits per heavy atom. The summed E-state index contributed by atoms with van der Waals surface area (Å²) < 4.78 is 42.9. The third-order valence-electron chi connectivity index (χ3n) is 5.48. The van der Waals surface area contributed by atoms with Crippen LogP contribution in [0.15, 0.2) is 33.9 Å². The van der Waals surface area contributed by atoms with Crippen LogP contribution in [-0.2, 0) is 16.1 Å². The fourth-order valence-corrected chi connectivity index (χ4v) is 3.84. The molecule has 0 bridgehead atoms. The van der Waals surface area contributed by atoms with Crippen LogP contribution in [0.5, 0.6) is 0 Å². The number of nitrogen functional groups attached to an aromatic ring is 1. The minimum Gasteiger partial charge on any atom is -0.383 e. The van der Waals surface area contributed by atoms with Gasteiger partial charge < -0.3 is 16.0 Å². The Balaban J connectivity index is 2.01. The largest absolute Gasteiger partial charge is 0.409 e. The number of hydrogen-bond donors (Lipinski definition) is 3. The van der Waals surface area contributed by atoms with E-state index >= 15 is 0 Å². The van der Waals surface area contributed by atoms with Crippen molar-refractivity contribution in [3.63, 3.8) is 0 Å². The number of aromatic amines is 1. The fraction of sp³-hybridized carbons (Fsp3) is 0.429. The van der Waals surface area contributed by atoms with Crippen LogP contribution in [0.3, 0.4) is 0 Å². The van der Waals surface area contributed by atoms with Gasteiger partial charge in [0.15, 0.2) is 0 Å². The molecule has 1 aliphatic rings. The van der Waals surface area contributed by atoms with E-state index in [1.54, 1.807) is 0 Å². The van der Waals surface area contributed by atoms with Crippen LogP contribution in [-0.4, -0.2) is 47.2 Å². The summed E-state index contributed by atoms with van der Waals surface area (Å²) in [6, 6.07) is 3.24. The molecule has 3 rings (SSSR count). The van der Waals surface area contributed by atoms with E-state index in [-0.39, 0.29) is 29.4 Å². The minimum atomic E-state index is -4.90. The number of rotatable bonds is 6. The Morgan fingerprint density at radius 2 is 1.91 bits per heavy atom. The number of likely N-dealkylation sites (N-methyl/N-ethyl adjacent to an activating group) is 1. The number of nitrogens with zero attached hydrogens (tertiary/aromatic N) is 3. The Bertz CT molecular complexity index is 1210. The van der Waals surface area contributed by atoms with Gasteiger partial charge in [-0.15, -0.1) is 0 Å². The van der Waals surface area contributed by atoms with Crippen LogP contribution in [0.2, 0.25) is 0 Å². The van der Waals surface area contributed by atoms with Gasteiger partial charge in [0.1, 0.15) is 17.5 Å². The van der Waals surface area contributed by atoms with Crippen molar-refractivity contribution in [3.8, 4) is 0 Å². The van der Waals surface area contributed by atoms with Crippen molar-refractivity contribution < 1.29 is 22.8 Å². The summed E-state index contributed by atoms with van der Waals surface area (Å²) in [6.07, 6.45) is -4.54. The van der Waals surface area contributed by atoms with E-state index in [4.69, 9.17) is 5.73 Å². The molecule has 0 aliphatic carbocycles. The summed E-state index contributed by atoms with van der Waals surface area (Å²) in [5.74, 6) is -2.10. The quantitative estimate of drug-likeness (QED) is 0.574. The molecular weight excluding hydrogens is 457 g/mol. The maximum Gasteiger partial charge on any atom is 0.409 e. The van der Waals surface area contributed by atoms with E-state index in [1.807, 2.05) is 6.92 Å². The molecule has 1 unspecified atom stereocenters. The smallest absolute Gasteiger partial charge is 0.383 e. The Morgan fingerprint density at radius 1 is 1.24 bits per heavy atom. The summed E-state index contributed by atoms with van der Waals surface area (Å²) in [5, 5.41) is 2.39. The number of nitrogens with one attached hydrogen (secondary N) is 2. The summed E-state index contributed by atoms with van der Waals surface area (Å²) in [7, 11) is 1.31. The molecule has 184 valence electrons. The van der Waals surface area contributed by atoms with Crippen molar-refractivity contribution in [2.24, 2.45) is 0 Å². The van der Waals surface area contributed by atoms with Crippen molar-refractivity contribution >= 4 is 34.7 Å². The number of para-hydroxylation sites is 2. The Hall–Kier alpha value is -3.77. The van der Waals surface area contributed by atoms with Crippen LogP contribution < -0.4 is 32.1 Å².